The number of thiophene rings is 1. The number of aryl methyl sites for hydroxylation is 1. The first-order chi connectivity index (χ1) is 13.6. The van der Waals surface area contributed by atoms with Gasteiger partial charge in [0.15, 0.2) is 0 Å². The Morgan fingerprint density at radius 1 is 1.11 bits per heavy atom. The molecule has 1 saturated carbocycles. The van der Waals surface area contributed by atoms with Crippen molar-refractivity contribution < 1.29 is 4.79 Å². The zero-order chi connectivity index (χ0) is 19.5. The number of hydrogen-bond donors (Lipinski definition) is 2. The van der Waals surface area contributed by atoms with E-state index >= 15 is 0 Å². The Hall–Kier alpha value is -2.15. The van der Waals surface area contributed by atoms with E-state index in [1.54, 1.807) is 11.3 Å². The number of rotatable bonds is 5. The van der Waals surface area contributed by atoms with Crippen molar-refractivity contribution in [2.75, 3.05) is 24.3 Å². The highest BCUT2D eigenvalue weighted by molar-refractivity contribution is 7.08. The van der Waals surface area contributed by atoms with Crippen molar-refractivity contribution in [1.29, 1.82) is 0 Å². The lowest BCUT2D eigenvalue weighted by Gasteiger charge is -2.30. The van der Waals surface area contributed by atoms with Gasteiger partial charge in [-0.15, -0.1) is 0 Å². The van der Waals surface area contributed by atoms with Gasteiger partial charge < -0.3 is 15.5 Å². The van der Waals surface area contributed by atoms with Crippen LogP contribution in [0, 0.1) is 0 Å². The number of fused-ring (bicyclic) bond motifs is 1. The van der Waals surface area contributed by atoms with Crippen molar-refractivity contribution in [2.24, 2.45) is 0 Å². The lowest BCUT2D eigenvalue weighted by Crippen LogP contribution is -2.40. The van der Waals surface area contributed by atoms with Crippen LogP contribution in [0.1, 0.15) is 60.1 Å². The molecular formula is C21H29N5OS. The summed E-state index contributed by atoms with van der Waals surface area (Å²) in [5.41, 5.74) is 3.30. The van der Waals surface area contributed by atoms with E-state index in [1.165, 1.54) is 24.1 Å². The second-order valence-electron chi connectivity index (χ2n) is 8.08. The van der Waals surface area contributed by atoms with Crippen molar-refractivity contribution in [3.63, 3.8) is 0 Å². The van der Waals surface area contributed by atoms with Gasteiger partial charge in [0.1, 0.15) is 5.82 Å². The minimum Gasteiger partial charge on any atom is -0.362 e. The lowest BCUT2D eigenvalue weighted by atomic mass is 9.91. The molecule has 150 valence electrons. The number of anilines is 2. The fourth-order valence-electron chi connectivity index (χ4n) is 4.24. The number of carbonyl (C=O) groups excluding carboxylic acids is 1. The van der Waals surface area contributed by atoms with E-state index in [1.807, 2.05) is 16.8 Å². The molecule has 2 N–H and O–H groups in total. The lowest BCUT2D eigenvalue weighted by molar-refractivity contribution is 0.0927. The predicted molar refractivity (Wildman–Crippen MR) is 114 cm³/mol. The summed E-state index contributed by atoms with van der Waals surface area (Å²) >= 11 is 1.56. The quantitative estimate of drug-likeness (QED) is 0.803. The first-order valence-corrected chi connectivity index (χ1v) is 11.2. The Morgan fingerprint density at radius 3 is 2.57 bits per heavy atom. The molecule has 0 saturated heterocycles. The predicted octanol–water partition coefficient (Wildman–Crippen LogP) is 3.64. The van der Waals surface area contributed by atoms with Crippen LogP contribution in [0.2, 0.25) is 0 Å². The molecular weight excluding hydrogens is 370 g/mol. The van der Waals surface area contributed by atoms with Crippen LogP contribution in [-0.2, 0) is 12.8 Å². The summed E-state index contributed by atoms with van der Waals surface area (Å²) in [6, 6.07) is 2.50. The van der Waals surface area contributed by atoms with Gasteiger partial charge in [0, 0.05) is 42.7 Å². The van der Waals surface area contributed by atoms with Crippen molar-refractivity contribution in [3.8, 4) is 0 Å². The Balaban J connectivity index is 1.36. The Labute approximate surface area is 170 Å². The molecule has 0 radical (unpaired) electrons. The fraction of sp³-hybridized carbons (Fsp3) is 0.571. The van der Waals surface area contributed by atoms with Gasteiger partial charge >= 0.3 is 0 Å². The van der Waals surface area contributed by atoms with Gasteiger partial charge in [-0.1, -0.05) is 0 Å². The second kappa shape index (κ2) is 8.47. The standard InChI is InChI=1S/C21H29N5OS/c1-26(2)19-17-5-3-4-6-18(17)24-21(25-19)23-16-9-7-15(8-10-16)22-20(27)14-11-12-28-13-14/h11-13,15-16H,3-10H2,1-2H3,(H,22,27)(H,23,24,25). The molecule has 2 aliphatic carbocycles. The van der Waals surface area contributed by atoms with Gasteiger partial charge in [0.05, 0.1) is 5.69 Å². The molecule has 2 aromatic rings. The number of hydrogen-bond acceptors (Lipinski definition) is 6. The van der Waals surface area contributed by atoms with E-state index in [0.29, 0.717) is 6.04 Å². The van der Waals surface area contributed by atoms with Crippen LogP contribution in [0.4, 0.5) is 11.8 Å². The normalized spacial score (nSPS) is 21.6. The fourth-order valence-corrected chi connectivity index (χ4v) is 4.87. The van der Waals surface area contributed by atoms with Crippen LogP contribution >= 0.6 is 11.3 Å². The maximum Gasteiger partial charge on any atom is 0.252 e. The number of amides is 1. The largest absolute Gasteiger partial charge is 0.362 e. The molecule has 0 aromatic carbocycles. The van der Waals surface area contributed by atoms with Crippen LogP contribution in [-0.4, -0.2) is 42.1 Å². The molecule has 2 aliphatic rings. The molecule has 2 heterocycles. The van der Waals surface area contributed by atoms with Gasteiger partial charge in [-0.25, -0.2) is 4.98 Å². The van der Waals surface area contributed by atoms with Crippen LogP contribution < -0.4 is 15.5 Å². The third-order valence-electron chi connectivity index (χ3n) is 5.76. The van der Waals surface area contributed by atoms with Crippen LogP contribution in [0.15, 0.2) is 16.8 Å². The molecule has 0 aliphatic heterocycles. The minimum absolute atomic E-state index is 0.0475. The number of nitrogens with one attached hydrogen (secondary N) is 2. The topological polar surface area (TPSA) is 70.2 Å². The van der Waals surface area contributed by atoms with E-state index in [2.05, 4.69) is 29.6 Å². The highest BCUT2D eigenvalue weighted by atomic mass is 32.1. The van der Waals surface area contributed by atoms with Gasteiger partial charge in [0.25, 0.3) is 5.91 Å². The molecule has 1 amide bonds. The van der Waals surface area contributed by atoms with Crippen molar-refractivity contribution in [2.45, 2.75) is 63.5 Å². The maximum atomic E-state index is 12.2. The second-order valence-corrected chi connectivity index (χ2v) is 8.86. The summed E-state index contributed by atoms with van der Waals surface area (Å²) in [6.07, 6.45) is 8.58. The first kappa shape index (κ1) is 19.2. The van der Waals surface area contributed by atoms with Crippen LogP contribution in [0.5, 0.6) is 0 Å². The Morgan fingerprint density at radius 2 is 1.86 bits per heavy atom. The molecule has 28 heavy (non-hydrogen) atoms. The highest BCUT2D eigenvalue weighted by Gasteiger charge is 2.25. The smallest absolute Gasteiger partial charge is 0.252 e. The summed E-state index contributed by atoms with van der Waals surface area (Å²) < 4.78 is 0. The maximum absolute atomic E-state index is 12.2. The van der Waals surface area contributed by atoms with E-state index in [4.69, 9.17) is 9.97 Å². The molecule has 7 heteroatoms. The average Bonchev–Trinajstić information content (AvgIpc) is 3.24. The van der Waals surface area contributed by atoms with Crippen LogP contribution in [0.3, 0.4) is 0 Å². The summed E-state index contributed by atoms with van der Waals surface area (Å²) in [7, 11) is 4.12. The van der Waals surface area contributed by atoms with E-state index in [9.17, 15) is 4.79 Å². The van der Waals surface area contributed by atoms with Crippen LogP contribution in [0.25, 0.3) is 0 Å². The van der Waals surface area contributed by atoms with E-state index < -0.39 is 0 Å². The van der Waals surface area contributed by atoms with Gasteiger partial charge in [-0.2, -0.15) is 16.3 Å². The minimum atomic E-state index is 0.0475. The number of aromatic nitrogens is 2. The molecule has 0 spiro atoms. The van der Waals surface area contributed by atoms with E-state index in [0.717, 1.165) is 55.9 Å². The summed E-state index contributed by atoms with van der Waals surface area (Å²) in [5, 5.41) is 10.6. The molecule has 0 atom stereocenters. The third kappa shape index (κ3) is 4.29. The van der Waals surface area contributed by atoms with Gasteiger partial charge in [-0.3, -0.25) is 4.79 Å². The summed E-state index contributed by atoms with van der Waals surface area (Å²) in [5.74, 6) is 1.87. The first-order valence-electron chi connectivity index (χ1n) is 10.3. The molecule has 0 unspecified atom stereocenters. The summed E-state index contributed by atoms with van der Waals surface area (Å²) in [6.45, 7) is 0. The van der Waals surface area contributed by atoms with Crippen molar-refractivity contribution >= 4 is 29.0 Å². The average molecular weight is 400 g/mol. The summed E-state index contributed by atoms with van der Waals surface area (Å²) in [4.78, 5) is 24.0. The molecule has 4 rings (SSSR count). The SMILES string of the molecule is CN(C)c1nc(NC2CCC(NC(=O)c3ccsc3)CC2)nc2c1CCCC2. The number of carbonyl (C=O) groups is 1. The molecule has 2 aromatic heterocycles. The number of nitrogens with zero attached hydrogens (tertiary/aromatic N) is 3. The monoisotopic (exact) mass is 399 g/mol. The molecule has 0 bridgehead atoms. The zero-order valence-corrected chi connectivity index (χ0v) is 17.5. The van der Waals surface area contributed by atoms with Crippen molar-refractivity contribution in [3.05, 3.63) is 33.6 Å². The molecule has 6 nitrogen and oxygen atoms in total. The molecule has 1 fully saturated rings. The van der Waals surface area contributed by atoms with Gasteiger partial charge in [-0.05, 0) is 62.8 Å². The van der Waals surface area contributed by atoms with Crippen molar-refractivity contribution in [1.82, 2.24) is 15.3 Å². The zero-order valence-electron chi connectivity index (χ0n) is 16.7. The Bertz CT molecular complexity index is 812. The van der Waals surface area contributed by atoms with Gasteiger partial charge in [0.2, 0.25) is 5.95 Å². The third-order valence-corrected chi connectivity index (χ3v) is 6.45. The van der Waals surface area contributed by atoms with E-state index in [-0.39, 0.29) is 11.9 Å². The highest BCUT2D eigenvalue weighted by Crippen LogP contribution is 2.29. The Kier molecular flexibility index (Phi) is 5.80.